The molecule has 0 radical (unpaired) electrons. The van der Waals surface area contributed by atoms with Crippen LogP contribution in [0.3, 0.4) is 0 Å². The fraction of sp³-hybridized carbons (Fsp3) is 0.889. The monoisotopic (exact) mass is 151 g/mol. The largest absolute Gasteiger partial charge is 0.302 e. The lowest BCUT2D eigenvalue weighted by Gasteiger charge is -2.50. The fourth-order valence-corrected chi connectivity index (χ4v) is 3.16. The molecule has 3 heterocycles. The molecule has 4 atom stereocenters. The van der Waals surface area contributed by atoms with Crippen molar-refractivity contribution in [1.29, 1.82) is 0 Å². The summed E-state index contributed by atoms with van der Waals surface area (Å²) < 4.78 is 0. The van der Waals surface area contributed by atoms with Crippen molar-refractivity contribution in [1.82, 2.24) is 4.90 Å². The molecule has 3 aliphatic heterocycles. The summed E-state index contributed by atoms with van der Waals surface area (Å²) in [4.78, 5) is 14.0. The van der Waals surface area contributed by atoms with Crippen LogP contribution in [0.25, 0.3) is 0 Å². The first-order valence-electron chi connectivity index (χ1n) is 4.59. The lowest BCUT2D eigenvalue weighted by molar-refractivity contribution is -0.142. The van der Waals surface area contributed by atoms with Gasteiger partial charge in [-0.1, -0.05) is 0 Å². The van der Waals surface area contributed by atoms with Crippen LogP contribution in [0, 0.1) is 17.8 Å². The van der Waals surface area contributed by atoms with Crippen molar-refractivity contribution in [2.24, 2.45) is 17.8 Å². The molecule has 1 unspecified atom stereocenters. The van der Waals surface area contributed by atoms with Crippen molar-refractivity contribution in [2.45, 2.75) is 12.8 Å². The Morgan fingerprint density at radius 2 is 1.73 bits per heavy atom. The van der Waals surface area contributed by atoms with E-state index < -0.39 is 0 Å². The molecule has 0 aromatic heterocycles. The Morgan fingerprint density at radius 1 is 1.09 bits per heavy atom. The maximum Gasteiger partial charge on any atom is 0.141 e. The van der Waals surface area contributed by atoms with E-state index in [1.807, 2.05) is 0 Å². The molecule has 1 aliphatic carbocycles. The molecule has 4 fully saturated rings. The maximum absolute atomic E-state index is 11.5. The molecular formula is C9H13NO. The predicted molar refractivity (Wildman–Crippen MR) is 41.2 cm³/mol. The summed E-state index contributed by atoms with van der Waals surface area (Å²) >= 11 is 0. The second-order valence-corrected chi connectivity index (χ2v) is 4.35. The van der Waals surface area contributed by atoms with Crippen LogP contribution in [0.5, 0.6) is 0 Å². The van der Waals surface area contributed by atoms with Gasteiger partial charge in [0.1, 0.15) is 5.78 Å². The Kier molecular flexibility index (Phi) is 1.05. The summed E-state index contributed by atoms with van der Waals surface area (Å²) in [5.41, 5.74) is 0. The fourth-order valence-electron chi connectivity index (χ4n) is 3.16. The summed E-state index contributed by atoms with van der Waals surface area (Å²) in [5.74, 6) is 2.31. The zero-order chi connectivity index (χ0) is 7.42. The van der Waals surface area contributed by atoms with Gasteiger partial charge in [-0.3, -0.25) is 4.79 Å². The van der Waals surface area contributed by atoms with Gasteiger partial charge in [0, 0.05) is 31.5 Å². The summed E-state index contributed by atoms with van der Waals surface area (Å²) in [7, 11) is 0. The second-order valence-electron chi connectivity index (χ2n) is 4.35. The van der Waals surface area contributed by atoms with Crippen molar-refractivity contribution in [3.8, 4) is 0 Å². The van der Waals surface area contributed by atoms with Crippen LogP contribution >= 0.6 is 0 Å². The van der Waals surface area contributed by atoms with Crippen LogP contribution in [0.4, 0.5) is 0 Å². The molecule has 11 heavy (non-hydrogen) atoms. The molecule has 3 saturated heterocycles. The van der Waals surface area contributed by atoms with Gasteiger partial charge in [0.25, 0.3) is 0 Å². The van der Waals surface area contributed by atoms with E-state index in [0.717, 1.165) is 19.0 Å². The van der Waals surface area contributed by atoms with Gasteiger partial charge in [-0.2, -0.15) is 0 Å². The second kappa shape index (κ2) is 1.86. The van der Waals surface area contributed by atoms with Crippen LogP contribution < -0.4 is 0 Å². The number of nitrogens with zero attached hydrogens (tertiary/aromatic N) is 1. The van der Waals surface area contributed by atoms with Crippen LogP contribution in [0.2, 0.25) is 0 Å². The highest BCUT2D eigenvalue weighted by molar-refractivity contribution is 5.85. The van der Waals surface area contributed by atoms with Crippen molar-refractivity contribution < 1.29 is 4.79 Å². The van der Waals surface area contributed by atoms with Gasteiger partial charge in [-0.05, 0) is 18.8 Å². The number of carbonyl (C=O) groups is 1. The quantitative estimate of drug-likeness (QED) is 0.503. The van der Waals surface area contributed by atoms with E-state index in [0.29, 0.717) is 17.6 Å². The minimum atomic E-state index is 0.432. The number of hydrogen-bond acceptors (Lipinski definition) is 2. The van der Waals surface area contributed by atoms with Crippen LogP contribution in [0.15, 0.2) is 0 Å². The highest BCUT2D eigenvalue weighted by atomic mass is 16.1. The van der Waals surface area contributed by atoms with Gasteiger partial charge >= 0.3 is 0 Å². The van der Waals surface area contributed by atoms with Gasteiger partial charge in [-0.15, -0.1) is 0 Å². The van der Waals surface area contributed by atoms with E-state index in [1.165, 1.54) is 19.4 Å². The predicted octanol–water partition coefficient (Wildman–Crippen LogP) is 0.527. The lowest BCUT2D eigenvalue weighted by atomic mass is 9.67. The number of rotatable bonds is 0. The summed E-state index contributed by atoms with van der Waals surface area (Å²) in [6.07, 6.45) is 2.40. The van der Waals surface area contributed by atoms with Gasteiger partial charge < -0.3 is 4.90 Å². The molecular weight excluding hydrogens is 138 g/mol. The smallest absolute Gasteiger partial charge is 0.141 e. The molecule has 60 valence electrons. The van der Waals surface area contributed by atoms with Gasteiger partial charge in [-0.25, -0.2) is 0 Å². The Labute approximate surface area is 66.6 Å². The Bertz CT molecular complexity index is 182. The average Bonchev–Trinajstić information content (AvgIpc) is 1.98. The number of Topliss-reactive ketones (excluding diaryl/α,β-unsaturated/α-hetero) is 1. The molecule has 4 rings (SSSR count). The first-order valence-corrected chi connectivity index (χ1v) is 4.59. The van der Waals surface area contributed by atoms with E-state index in [9.17, 15) is 4.79 Å². The third kappa shape index (κ3) is 0.734. The molecule has 1 saturated carbocycles. The summed E-state index contributed by atoms with van der Waals surface area (Å²) in [6.45, 7) is 3.43. The van der Waals surface area contributed by atoms with Crippen LogP contribution in [0.1, 0.15) is 12.8 Å². The van der Waals surface area contributed by atoms with E-state index in [1.54, 1.807) is 0 Å². The van der Waals surface area contributed by atoms with Gasteiger partial charge in [0.15, 0.2) is 0 Å². The van der Waals surface area contributed by atoms with Gasteiger partial charge in [0.2, 0.25) is 0 Å². The third-order valence-corrected chi connectivity index (χ3v) is 3.51. The zero-order valence-electron chi connectivity index (χ0n) is 6.62. The van der Waals surface area contributed by atoms with Gasteiger partial charge in [0.05, 0.1) is 0 Å². The molecule has 0 aromatic carbocycles. The van der Waals surface area contributed by atoms with Crippen molar-refractivity contribution in [2.75, 3.05) is 19.6 Å². The minimum Gasteiger partial charge on any atom is -0.302 e. The minimum absolute atomic E-state index is 0.432. The average molecular weight is 151 g/mol. The van der Waals surface area contributed by atoms with E-state index in [4.69, 9.17) is 0 Å². The molecule has 2 nitrogen and oxygen atoms in total. The van der Waals surface area contributed by atoms with Crippen molar-refractivity contribution in [3.05, 3.63) is 0 Å². The van der Waals surface area contributed by atoms with Crippen molar-refractivity contribution in [3.63, 3.8) is 0 Å². The third-order valence-electron chi connectivity index (χ3n) is 3.51. The Morgan fingerprint density at radius 3 is 2.27 bits per heavy atom. The lowest BCUT2D eigenvalue weighted by Crippen LogP contribution is -2.58. The molecule has 0 aromatic rings. The molecule has 0 amide bonds. The normalized spacial score (nSPS) is 53.6. The van der Waals surface area contributed by atoms with E-state index in [2.05, 4.69) is 4.90 Å². The van der Waals surface area contributed by atoms with E-state index >= 15 is 0 Å². The van der Waals surface area contributed by atoms with Crippen LogP contribution in [-0.2, 0) is 4.79 Å². The highest BCUT2D eigenvalue weighted by Gasteiger charge is 2.46. The standard InChI is InChI=1S/C9H13NO/c11-9-7-1-6-2-8(9)5-10(3-6)4-7/h6-8H,1-5H2/t6-,7+,8-. The summed E-state index contributed by atoms with van der Waals surface area (Å²) in [5, 5.41) is 0. The zero-order valence-corrected chi connectivity index (χ0v) is 6.62. The maximum atomic E-state index is 11.5. The molecule has 4 aliphatic rings. The van der Waals surface area contributed by atoms with E-state index in [-0.39, 0.29) is 0 Å². The molecule has 0 spiro atoms. The highest BCUT2D eigenvalue weighted by Crippen LogP contribution is 2.40. The number of hydrogen-bond donors (Lipinski definition) is 0. The first kappa shape index (κ1) is 6.18. The first-order chi connectivity index (χ1) is 5.33. The molecule has 0 N–H and O–H groups in total. The Hall–Kier alpha value is -0.370. The SMILES string of the molecule is O=C1[C@@H]2C[C@H]3C[C@H]1CN(C3)C2. The van der Waals surface area contributed by atoms with Crippen molar-refractivity contribution >= 4 is 5.78 Å². The Balaban J connectivity index is 1.96. The molecule has 4 bridgehead atoms. The topological polar surface area (TPSA) is 20.3 Å². The number of piperidine rings is 3. The number of carbonyl (C=O) groups excluding carboxylic acids is 1. The molecule has 2 heteroatoms. The summed E-state index contributed by atoms with van der Waals surface area (Å²) in [6, 6.07) is 0. The number of ketones is 1. The van der Waals surface area contributed by atoms with Crippen LogP contribution in [-0.4, -0.2) is 30.3 Å².